The van der Waals surface area contributed by atoms with Crippen LogP contribution in [0.25, 0.3) is 0 Å². The largest absolute Gasteiger partial charge is 0.379 e. The maximum atomic E-state index is 12.0. The molecule has 22 heavy (non-hydrogen) atoms. The van der Waals surface area contributed by atoms with Crippen LogP contribution in [0.1, 0.15) is 18.4 Å². The summed E-state index contributed by atoms with van der Waals surface area (Å²) in [7, 11) is 0. The molecule has 1 aromatic rings. The van der Waals surface area contributed by atoms with Crippen LogP contribution in [0.2, 0.25) is 5.02 Å². The zero-order valence-corrected chi connectivity index (χ0v) is 13.0. The standard InChI is InChI=1S/C15H20ClN3O3/c16-12-4-2-11(3-5-12)8-18-13(20)9-19-7-1-6-15(22,10-19)14(17)21/h2-5,22H,1,6-10H2,(H2,17,21)(H,18,20)/t15-/m1/s1. The third-order valence-electron chi connectivity index (χ3n) is 3.78. The topological polar surface area (TPSA) is 95.7 Å². The van der Waals surface area contributed by atoms with Crippen molar-refractivity contribution in [3.8, 4) is 0 Å². The molecule has 0 aliphatic carbocycles. The first-order valence-electron chi connectivity index (χ1n) is 7.15. The Kier molecular flexibility index (Phi) is 5.39. The van der Waals surface area contributed by atoms with Crippen LogP contribution >= 0.6 is 11.6 Å². The SMILES string of the molecule is NC(=O)[C@@]1(O)CCCN(CC(=O)NCc2ccc(Cl)cc2)C1. The van der Waals surface area contributed by atoms with E-state index in [1.807, 2.05) is 12.1 Å². The Hall–Kier alpha value is -1.63. The van der Waals surface area contributed by atoms with E-state index in [0.29, 0.717) is 31.0 Å². The number of benzene rings is 1. The van der Waals surface area contributed by atoms with Crippen LogP contribution in [0, 0.1) is 0 Å². The third kappa shape index (κ3) is 4.43. The van der Waals surface area contributed by atoms with Crippen molar-refractivity contribution in [1.82, 2.24) is 10.2 Å². The number of likely N-dealkylation sites (tertiary alicyclic amines) is 1. The quantitative estimate of drug-likeness (QED) is 0.724. The second-order valence-corrected chi connectivity index (χ2v) is 6.05. The molecular weight excluding hydrogens is 306 g/mol. The molecule has 6 nitrogen and oxygen atoms in total. The molecule has 0 saturated carbocycles. The fourth-order valence-corrected chi connectivity index (χ4v) is 2.65. The maximum Gasteiger partial charge on any atom is 0.250 e. The first-order valence-corrected chi connectivity index (χ1v) is 7.53. The summed E-state index contributed by atoms with van der Waals surface area (Å²) in [5, 5.41) is 13.6. The molecule has 0 aromatic heterocycles. The van der Waals surface area contributed by atoms with Gasteiger partial charge in [0, 0.05) is 18.1 Å². The van der Waals surface area contributed by atoms with E-state index in [0.717, 1.165) is 5.56 Å². The van der Waals surface area contributed by atoms with Crippen LogP contribution in [-0.4, -0.2) is 47.1 Å². The van der Waals surface area contributed by atoms with E-state index < -0.39 is 11.5 Å². The Morgan fingerprint density at radius 3 is 2.68 bits per heavy atom. The number of β-amino-alcohol motifs (C(OH)–C–C–N with tert-alkyl or cyclic N) is 1. The highest BCUT2D eigenvalue weighted by Crippen LogP contribution is 2.20. The lowest BCUT2D eigenvalue weighted by atomic mass is 9.92. The smallest absolute Gasteiger partial charge is 0.250 e. The second kappa shape index (κ2) is 7.09. The van der Waals surface area contributed by atoms with Gasteiger partial charge in [0.05, 0.1) is 6.54 Å². The van der Waals surface area contributed by atoms with Gasteiger partial charge in [-0.3, -0.25) is 14.5 Å². The zero-order valence-electron chi connectivity index (χ0n) is 12.2. The van der Waals surface area contributed by atoms with E-state index in [9.17, 15) is 14.7 Å². The minimum absolute atomic E-state index is 0.0939. The van der Waals surface area contributed by atoms with Gasteiger partial charge in [-0.25, -0.2) is 0 Å². The van der Waals surface area contributed by atoms with E-state index in [2.05, 4.69) is 5.32 Å². The van der Waals surface area contributed by atoms with Gasteiger partial charge < -0.3 is 16.2 Å². The van der Waals surface area contributed by atoms with E-state index in [1.165, 1.54) is 0 Å². The van der Waals surface area contributed by atoms with E-state index in [1.54, 1.807) is 17.0 Å². The molecule has 1 fully saturated rings. The third-order valence-corrected chi connectivity index (χ3v) is 4.03. The number of piperidine rings is 1. The Morgan fingerprint density at radius 2 is 2.05 bits per heavy atom. The lowest BCUT2D eigenvalue weighted by molar-refractivity contribution is -0.143. The van der Waals surface area contributed by atoms with Crippen molar-refractivity contribution in [3.63, 3.8) is 0 Å². The maximum absolute atomic E-state index is 12.0. The molecular formula is C15H20ClN3O3. The minimum atomic E-state index is -1.53. The van der Waals surface area contributed by atoms with E-state index >= 15 is 0 Å². The number of nitrogens with one attached hydrogen (secondary N) is 1. The highest BCUT2D eigenvalue weighted by atomic mass is 35.5. The van der Waals surface area contributed by atoms with Gasteiger partial charge in [0.2, 0.25) is 5.91 Å². The Labute approximate surface area is 134 Å². The highest BCUT2D eigenvalue weighted by Gasteiger charge is 2.38. The molecule has 1 aromatic carbocycles. The number of aliphatic hydroxyl groups is 1. The number of primary amides is 1. The summed E-state index contributed by atoms with van der Waals surface area (Å²) in [4.78, 5) is 25.0. The van der Waals surface area contributed by atoms with Gasteiger partial charge >= 0.3 is 0 Å². The van der Waals surface area contributed by atoms with Crippen LogP contribution < -0.4 is 11.1 Å². The summed E-state index contributed by atoms with van der Waals surface area (Å²) < 4.78 is 0. The molecule has 0 bridgehead atoms. The van der Waals surface area contributed by atoms with Crippen LogP contribution in [0.15, 0.2) is 24.3 Å². The molecule has 1 saturated heterocycles. The normalized spacial score (nSPS) is 22.3. The van der Waals surface area contributed by atoms with Crippen molar-refractivity contribution in [2.24, 2.45) is 5.73 Å². The van der Waals surface area contributed by atoms with E-state index in [-0.39, 0.29) is 19.0 Å². The highest BCUT2D eigenvalue weighted by molar-refractivity contribution is 6.30. The van der Waals surface area contributed by atoms with E-state index in [4.69, 9.17) is 17.3 Å². The molecule has 1 heterocycles. The number of carbonyl (C=O) groups is 2. The van der Waals surface area contributed by atoms with Crippen molar-refractivity contribution in [3.05, 3.63) is 34.9 Å². The number of rotatable bonds is 5. The number of hydrogen-bond acceptors (Lipinski definition) is 4. The van der Waals surface area contributed by atoms with Crippen molar-refractivity contribution >= 4 is 23.4 Å². The molecule has 1 aliphatic rings. The number of amides is 2. The Balaban J connectivity index is 1.81. The average molecular weight is 326 g/mol. The number of nitrogens with two attached hydrogens (primary N) is 1. The van der Waals surface area contributed by atoms with Gasteiger partial charge in [-0.2, -0.15) is 0 Å². The van der Waals surface area contributed by atoms with Gasteiger partial charge in [0.15, 0.2) is 5.60 Å². The molecule has 120 valence electrons. The van der Waals surface area contributed by atoms with Gasteiger partial charge in [-0.05, 0) is 37.1 Å². The summed E-state index contributed by atoms with van der Waals surface area (Å²) in [6.07, 6.45) is 0.967. The van der Waals surface area contributed by atoms with Gasteiger partial charge in [-0.1, -0.05) is 23.7 Å². The molecule has 0 spiro atoms. The summed E-state index contributed by atoms with van der Waals surface area (Å²) in [5.41, 5.74) is 4.63. The minimum Gasteiger partial charge on any atom is -0.379 e. The van der Waals surface area contributed by atoms with Crippen molar-refractivity contribution in [2.75, 3.05) is 19.6 Å². The molecule has 0 unspecified atom stereocenters. The van der Waals surface area contributed by atoms with Crippen LogP contribution in [0.5, 0.6) is 0 Å². The molecule has 4 N–H and O–H groups in total. The molecule has 0 radical (unpaired) electrons. The summed E-state index contributed by atoms with van der Waals surface area (Å²) in [6.45, 7) is 1.29. The summed E-state index contributed by atoms with van der Waals surface area (Å²) in [5.74, 6) is -0.901. The first-order chi connectivity index (χ1) is 10.4. The predicted molar refractivity (Wildman–Crippen MR) is 83.1 cm³/mol. The summed E-state index contributed by atoms with van der Waals surface area (Å²) >= 11 is 5.80. The van der Waals surface area contributed by atoms with Gasteiger partial charge in [0.1, 0.15) is 0 Å². The molecule has 1 atom stereocenters. The molecule has 1 aliphatic heterocycles. The van der Waals surface area contributed by atoms with Crippen LogP contribution in [0.3, 0.4) is 0 Å². The van der Waals surface area contributed by atoms with Crippen molar-refractivity contribution in [2.45, 2.75) is 25.0 Å². The first kappa shape index (κ1) is 16.7. The molecule has 2 rings (SSSR count). The van der Waals surface area contributed by atoms with Crippen molar-refractivity contribution < 1.29 is 14.7 Å². The summed E-state index contributed by atoms with van der Waals surface area (Å²) in [6, 6.07) is 7.21. The fourth-order valence-electron chi connectivity index (χ4n) is 2.52. The Morgan fingerprint density at radius 1 is 1.36 bits per heavy atom. The predicted octanol–water partition coefficient (Wildman–Crippen LogP) is 0.268. The lowest BCUT2D eigenvalue weighted by Gasteiger charge is -2.36. The number of hydrogen-bond donors (Lipinski definition) is 3. The average Bonchev–Trinajstić information content (AvgIpc) is 2.46. The number of carbonyl (C=O) groups excluding carboxylic acids is 2. The second-order valence-electron chi connectivity index (χ2n) is 5.61. The van der Waals surface area contributed by atoms with Gasteiger partial charge in [-0.15, -0.1) is 0 Å². The number of halogens is 1. The molecule has 7 heteroatoms. The monoisotopic (exact) mass is 325 g/mol. The zero-order chi connectivity index (χ0) is 16.2. The van der Waals surface area contributed by atoms with Crippen LogP contribution in [-0.2, 0) is 16.1 Å². The van der Waals surface area contributed by atoms with Crippen molar-refractivity contribution in [1.29, 1.82) is 0 Å². The van der Waals surface area contributed by atoms with Crippen LogP contribution in [0.4, 0.5) is 0 Å². The fraction of sp³-hybridized carbons (Fsp3) is 0.467. The molecule has 2 amide bonds. The lowest BCUT2D eigenvalue weighted by Crippen LogP contribution is -2.57. The Bertz CT molecular complexity index is 549. The number of nitrogens with zero attached hydrogens (tertiary/aromatic N) is 1. The van der Waals surface area contributed by atoms with Gasteiger partial charge in [0.25, 0.3) is 5.91 Å².